The summed E-state index contributed by atoms with van der Waals surface area (Å²) in [7, 11) is 0. The van der Waals surface area contributed by atoms with Crippen molar-refractivity contribution in [1.29, 1.82) is 0 Å². The predicted octanol–water partition coefficient (Wildman–Crippen LogP) is 6.88. The summed E-state index contributed by atoms with van der Waals surface area (Å²) in [6.45, 7) is 16.2. The second-order valence-electron chi connectivity index (χ2n) is 8.97. The Morgan fingerprint density at radius 2 is 0.724 bits per heavy atom. The zero-order chi connectivity index (χ0) is 22.2. The largest absolute Gasteiger partial charge is 0.550 e. The molecule has 0 unspecified atom stereocenters. The van der Waals surface area contributed by atoms with Crippen molar-refractivity contribution in [3.05, 3.63) is 0 Å². The fraction of sp³-hybridized carbons (Fsp3) is 0.962. The highest BCUT2D eigenvalue weighted by Crippen LogP contribution is 2.19. The van der Waals surface area contributed by atoms with Crippen LogP contribution in [0.15, 0.2) is 0 Å². The molecule has 0 rings (SSSR count). The molecule has 0 bridgehead atoms. The number of rotatable bonds is 20. The van der Waals surface area contributed by atoms with Gasteiger partial charge in [0.15, 0.2) is 0 Å². The predicted molar refractivity (Wildman–Crippen MR) is 127 cm³/mol. The molecule has 176 valence electrons. The van der Waals surface area contributed by atoms with Gasteiger partial charge in [0.25, 0.3) is 0 Å². The lowest BCUT2D eigenvalue weighted by molar-refractivity contribution is -0.929. The topological polar surface area (TPSA) is 40.1 Å². The molecule has 0 saturated heterocycles. The van der Waals surface area contributed by atoms with Crippen molar-refractivity contribution in [3.63, 3.8) is 0 Å². The lowest BCUT2D eigenvalue weighted by atomic mass is 10.1. The summed E-state index contributed by atoms with van der Waals surface area (Å²) in [6.07, 6.45) is 22.8. The molecular formula is C26H55NO2. The Morgan fingerprint density at radius 3 is 0.897 bits per heavy atom. The number of aliphatic carboxylic acids is 1. The molecule has 0 N–H and O–H groups in total. The van der Waals surface area contributed by atoms with Gasteiger partial charge >= 0.3 is 0 Å². The smallest absolute Gasteiger partial charge is 0.0786 e. The highest BCUT2D eigenvalue weighted by molar-refractivity contribution is 5.60. The first-order valence-electron chi connectivity index (χ1n) is 13.0. The second kappa shape index (κ2) is 23.7. The summed E-state index contributed by atoms with van der Waals surface area (Å²) in [4.78, 5) is 8.89. The molecule has 29 heavy (non-hydrogen) atoms. The van der Waals surface area contributed by atoms with E-state index in [9.17, 15) is 0 Å². The molecule has 0 aromatic heterocycles. The first-order valence-corrected chi connectivity index (χ1v) is 13.0. The van der Waals surface area contributed by atoms with E-state index in [1.807, 2.05) is 0 Å². The molecule has 0 fully saturated rings. The van der Waals surface area contributed by atoms with E-state index in [-0.39, 0.29) is 0 Å². The SMILES string of the molecule is CC(=O)[O-].CCCCCC[N+](CCCCCC)(CCCCCC)CCCCCC. The normalized spacial score (nSPS) is 11.2. The quantitative estimate of drug-likeness (QED) is 0.161. The summed E-state index contributed by atoms with van der Waals surface area (Å²) in [6, 6.07) is 0. The van der Waals surface area contributed by atoms with Crippen LogP contribution in [-0.2, 0) is 4.79 Å². The maximum Gasteiger partial charge on any atom is 0.0786 e. The zero-order valence-corrected chi connectivity index (χ0v) is 20.9. The van der Waals surface area contributed by atoms with Gasteiger partial charge in [-0.2, -0.15) is 0 Å². The fourth-order valence-electron chi connectivity index (χ4n) is 4.17. The average molecular weight is 414 g/mol. The number of hydrogen-bond donors (Lipinski definition) is 0. The van der Waals surface area contributed by atoms with Crippen LogP contribution in [0, 0.1) is 0 Å². The number of hydrogen-bond acceptors (Lipinski definition) is 2. The summed E-state index contributed by atoms with van der Waals surface area (Å²) in [5, 5.41) is 8.89. The average Bonchev–Trinajstić information content (AvgIpc) is 2.69. The van der Waals surface area contributed by atoms with Crippen LogP contribution in [0.4, 0.5) is 0 Å². The van der Waals surface area contributed by atoms with Crippen LogP contribution < -0.4 is 5.11 Å². The van der Waals surface area contributed by atoms with Crippen LogP contribution >= 0.6 is 0 Å². The highest BCUT2D eigenvalue weighted by atomic mass is 16.4. The van der Waals surface area contributed by atoms with Gasteiger partial charge in [0.1, 0.15) is 0 Å². The Balaban J connectivity index is 0. The van der Waals surface area contributed by atoms with Gasteiger partial charge in [-0.25, -0.2) is 0 Å². The highest BCUT2D eigenvalue weighted by Gasteiger charge is 2.25. The minimum Gasteiger partial charge on any atom is -0.550 e. The van der Waals surface area contributed by atoms with Crippen LogP contribution in [0.1, 0.15) is 137 Å². The van der Waals surface area contributed by atoms with Crippen molar-refractivity contribution in [1.82, 2.24) is 0 Å². The maximum absolute atomic E-state index is 8.89. The van der Waals surface area contributed by atoms with E-state index in [0.29, 0.717) is 0 Å². The molecule has 0 aliphatic carbocycles. The summed E-state index contributed by atoms with van der Waals surface area (Å²) in [5.41, 5.74) is 0. The molecule has 0 aliphatic heterocycles. The van der Waals surface area contributed by atoms with Crippen LogP contribution in [0.2, 0.25) is 0 Å². The van der Waals surface area contributed by atoms with Crippen molar-refractivity contribution in [2.24, 2.45) is 0 Å². The van der Waals surface area contributed by atoms with Crippen LogP contribution in [0.25, 0.3) is 0 Å². The molecule has 0 radical (unpaired) electrons. The maximum atomic E-state index is 8.89. The molecule has 0 atom stereocenters. The van der Waals surface area contributed by atoms with Crippen LogP contribution in [-0.4, -0.2) is 36.6 Å². The van der Waals surface area contributed by atoms with E-state index in [1.165, 1.54) is 133 Å². The zero-order valence-electron chi connectivity index (χ0n) is 20.9. The Bertz CT molecular complexity index is 273. The molecule has 3 nitrogen and oxygen atoms in total. The number of carbonyl (C=O) groups is 1. The number of nitrogens with zero attached hydrogens (tertiary/aromatic N) is 1. The summed E-state index contributed by atoms with van der Waals surface area (Å²) in [5.74, 6) is -1.08. The number of carboxylic acids is 1. The Labute approximate surface area is 184 Å². The summed E-state index contributed by atoms with van der Waals surface area (Å²) < 4.78 is 1.46. The Kier molecular flexibility index (Phi) is 25.0. The van der Waals surface area contributed by atoms with E-state index >= 15 is 0 Å². The van der Waals surface area contributed by atoms with E-state index in [1.54, 1.807) is 0 Å². The molecule has 3 heteroatoms. The minimum absolute atomic E-state index is 0.972. The lowest BCUT2D eigenvalue weighted by Gasteiger charge is -2.39. The van der Waals surface area contributed by atoms with Crippen molar-refractivity contribution >= 4 is 5.97 Å². The van der Waals surface area contributed by atoms with Gasteiger partial charge in [-0.05, 0) is 58.3 Å². The first-order chi connectivity index (χ1) is 14.0. The van der Waals surface area contributed by atoms with Crippen LogP contribution in [0.3, 0.4) is 0 Å². The number of carboxylic acid groups (broad SMARTS) is 1. The third-order valence-corrected chi connectivity index (χ3v) is 5.94. The van der Waals surface area contributed by atoms with Gasteiger partial charge in [0.2, 0.25) is 0 Å². The van der Waals surface area contributed by atoms with Gasteiger partial charge in [0, 0.05) is 5.97 Å². The first kappa shape index (κ1) is 30.6. The Hall–Kier alpha value is -0.570. The van der Waals surface area contributed by atoms with Gasteiger partial charge in [0.05, 0.1) is 26.2 Å². The van der Waals surface area contributed by atoms with Gasteiger partial charge in [-0.3, -0.25) is 0 Å². The van der Waals surface area contributed by atoms with Crippen molar-refractivity contribution < 1.29 is 14.4 Å². The molecule has 0 saturated carbocycles. The number of quaternary nitrogens is 1. The van der Waals surface area contributed by atoms with Gasteiger partial charge in [-0.15, -0.1) is 0 Å². The van der Waals surface area contributed by atoms with Gasteiger partial charge < -0.3 is 14.4 Å². The minimum atomic E-state index is -1.08. The third kappa shape index (κ3) is 23.6. The molecule has 0 heterocycles. The second-order valence-corrected chi connectivity index (χ2v) is 8.97. The van der Waals surface area contributed by atoms with Crippen molar-refractivity contribution in [2.45, 2.75) is 137 Å². The summed E-state index contributed by atoms with van der Waals surface area (Å²) >= 11 is 0. The third-order valence-electron chi connectivity index (χ3n) is 5.94. The lowest BCUT2D eigenvalue weighted by Crippen LogP contribution is -2.50. The van der Waals surface area contributed by atoms with Crippen LogP contribution in [0.5, 0.6) is 0 Å². The molecular weight excluding hydrogens is 358 g/mol. The molecule has 0 amide bonds. The van der Waals surface area contributed by atoms with Gasteiger partial charge in [-0.1, -0.05) is 79.1 Å². The Morgan fingerprint density at radius 1 is 0.517 bits per heavy atom. The van der Waals surface area contributed by atoms with E-state index in [0.717, 1.165) is 6.92 Å². The number of carbonyl (C=O) groups excluding carboxylic acids is 1. The molecule has 0 spiro atoms. The monoisotopic (exact) mass is 413 g/mol. The molecule has 0 aliphatic rings. The van der Waals surface area contributed by atoms with Crippen molar-refractivity contribution in [3.8, 4) is 0 Å². The van der Waals surface area contributed by atoms with E-state index in [4.69, 9.17) is 9.90 Å². The van der Waals surface area contributed by atoms with E-state index < -0.39 is 5.97 Å². The number of unbranched alkanes of at least 4 members (excludes halogenated alkanes) is 12. The molecule has 0 aromatic rings. The van der Waals surface area contributed by atoms with Crippen molar-refractivity contribution in [2.75, 3.05) is 26.2 Å². The fourth-order valence-corrected chi connectivity index (χ4v) is 4.17. The van der Waals surface area contributed by atoms with E-state index in [2.05, 4.69) is 27.7 Å². The molecule has 0 aromatic carbocycles. The standard InChI is InChI=1S/C24H52N.C2H4O2/c1-5-9-13-17-21-25(22-18-14-10-6-2,23-19-15-11-7-3)24-20-16-12-8-4;1-2(3)4/h5-24H2,1-4H3;1H3,(H,3,4)/q+1;/p-1.